The summed E-state index contributed by atoms with van der Waals surface area (Å²) in [5, 5.41) is 0. The zero-order valence-corrected chi connectivity index (χ0v) is 11.5. The third kappa shape index (κ3) is 2.87. The van der Waals surface area contributed by atoms with Crippen molar-refractivity contribution in [2.24, 2.45) is 0 Å². The predicted octanol–water partition coefficient (Wildman–Crippen LogP) is 1.54. The number of carbonyl (C=O) groups is 2. The van der Waals surface area contributed by atoms with Crippen LogP contribution in [0, 0.1) is 0 Å². The maximum atomic E-state index is 11.6. The molecule has 6 heteroatoms. The molecule has 0 saturated carbocycles. The van der Waals surface area contributed by atoms with Gasteiger partial charge in [-0.25, -0.2) is 4.79 Å². The molecule has 1 amide bonds. The Labute approximate surface area is 103 Å². The number of likely N-dealkylation sites (tertiary alicyclic amines) is 1. The number of hydrogen-bond acceptors (Lipinski definition) is 4. The molecule has 0 radical (unpaired) electrons. The minimum atomic E-state index is -0.765. The zero-order valence-electron chi connectivity index (χ0n) is 9.87. The number of carbonyl (C=O) groups excluding carboxylic acids is 2. The molecule has 0 aromatic heterocycles. The molecule has 0 unspecified atom stereocenters. The van der Waals surface area contributed by atoms with E-state index in [1.807, 2.05) is 0 Å². The fourth-order valence-electron chi connectivity index (χ4n) is 1.33. The first-order valence-corrected chi connectivity index (χ1v) is 5.72. The summed E-state index contributed by atoms with van der Waals surface area (Å²) >= 11 is 3.26. The maximum absolute atomic E-state index is 11.6. The average molecular weight is 294 g/mol. The Bertz CT molecular complexity index is 304. The third-order valence-corrected chi connectivity index (χ3v) is 2.91. The Morgan fingerprint density at radius 1 is 1.31 bits per heavy atom. The van der Waals surface area contributed by atoms with E-state index in [0.29, 0.717) is 0 Å². The highest BCUT2D eigenvalue weighted by Crippen LogP contribution is 2.32. The van der Waals surface area contributed by atoms with Crippen molar-refractivity contribution in [2.45, 2.75) is 30.7 Å². The summed E-state index contributed by atoms with van der Waals surface area (Å²) in [5.41, 5.74) is -0.521. The molecule has 1 aliphatic heterocycles. The van der Waals surface area contributed by atoms with E-state index >= 15 is 0 Å². The smallest absolute Gasteiger partial charge is 0.410 e. The van der Waals surface area contributed by atoms with Gasteiger partial charge in [0, 0.05) is 0 Å². The minimum absolute atomic E-state index is 0.272. The van der Waals surface area contributed by atoms with E-state index < -0.39 is 16.0 Å². The first-order valence-electron chi connectivity index (χ1n) is 4.93. The van der Waals surface area contributed by atoms with Crippen LogP contribution in [0.5, 0.6) is 0 Å². The van der Waals surface area contributed by atoms with Crippen LogP contribution in [-0.2, 0) is 14.3 Å². The van der Waals surface area contributed by atoms with Crippen molar-refractivity contribution in [1.29, 1.82) is 0 Å². The van der Waals surface area contributed by atoms with E-state index in [0.717, 1.165) is 0 Å². The summed E-state index contributed by atoms with van der Waals surface area (Å²) in [6.07, 6.45) is -0.411. The molecule has 0 spiro atoms. The normalized spacial score (nSPS) is 18.7. The first kappa shape index (κ1) is 13.3. The molecule has 1 saturated heterocycles. The molecule has 1 aliphatic rings. The molecule has 0 aliphatic carbocycles. The Morgan fingerprint density at radius 3 is 2.19 bits per heavy atom. The van der Waals surface area contributed by atoms with Gasteiger partial charge >= 0.3 is 12.1 Å². The van der Waals surface area contributed by atoms with Crippen LogP contribution in [0.2, 0.25) is 0 Å². The number of esters is 1. The molecule has 0 bridgehead atoms. The summed E-state index contributed by atoms with van der Waals surface area (Å²) in [5.74, 6) is -0.368. The average Bonchev–Trinajstić information content (AvgIpc) is 2.08. The molecule has 92 valence electrons. The van der Waals surface area contributed by atoms with E-state index in [2.05, 4.69) is 20.7 Å². The number of alkyl halides is 1. The number of rotatable bonds is 1. The fourth-order valence-corrected chi connectivity index (χ4v) is 2.09. The number of ether oxygens (including phenoxy) is 2. The van der Waals surface area contributed by atoms with E-state index in [1.54, 1.807) is 20.8 Å². The number of nitrogens with zero attached hydrogens (tertiary/aromatic N) is 1. The summed E-state index contributed by atoms with van der Waals surface area (Å²) < 4.78 is 9.02. The Balaban J connectivity index is 2.47. The second kappa shape index (κ2) is 4.24. The molecule has 1 rings (SSSR count). The third-order valence-electron chi connectivity index (χ3n) is 2.09. The lowest BCUT2D eigenvalue weighted by atomic mass is 10.0. The van der Waals surface area contributed by atoms with Crippen molar-refractivity contribution < 1.29 is 19.1 Å². The maximum Gasteiger partial charge on any atom is 0.410 e. The van der Waals surface area contributed by atoms with Crippen LogP contribution in [0.3, 0.4) is 0 Å². The Kier molecular flexibility index (Phi) is 3.52. The van der Waals surface area contributed by atoms with Crippen molar-refractivity contribution in [3.63, 3.8) is 0 Å². The van der Waals surface area contributed by atoms with Gasteiger partial charge in [-0.1, -0.05) is 15.9 Å². The standard InChI is InChI=1S/C10H16BrNO4/c1-9(2,3)16-8(14)12-5-10(11,6-12)7(13)15-4/h5-6H2,1-4H3. The van der Waals surface area contributed by atoms with Crippen LogP contribution >= 0.6 is 15.9 Å². The van der Waals surface area contributed by atoms with Crippen LogP contribution in [0.1, 0.15) is 20.8 Å². The second-order valence-electron chi connectivity index (χ2n) is 4.79. The van der Waals surface area contributed by atoms with Crippen molar-refractivity contribution in [1.82, 2.24) is 4.90 Å². The first-order chi connectivity index (χ1) is 7.18. The van der Waals surface area contributed by atoms with Crippen LogP contribution in [0.15, 0.2) is 0 Å². The number of hydrogen-bond donors (Lipinski definition) is 0. The van der Waals surface area contributed by atoms with E-state index in [4.69, 9.17) is 4.74 Å². The Morgan fingerprint density at radius 2 is 1.81 bits per heavy atom. The summed E-state index contributed by atoms with van der Waals surface area (Å²) in [7, 11) is 1.32. The van der Waals surface area contributed by atoms with E-state index in [-0.39, 0.29) is 19.1 Å². The van der Waals surface area contributed by atoms with E-state index in [9.17, 15) is 9.59 Å². The van der Waals surface area contributed by atoms with Crippen molar-refractivity contribution in [3.05, 3.63) is 0 Å². The van der Waals surface area contributed by atoms with Gasteiger partial charge in [0.25, 0.3) is 0 Å². The highest BCUT2D eigenvalue weighted by Gasteiger charge is 2.51. The molecule has 0 atom stereocenters. The highest BCUT2D eigenvalue weighted by molar-refractivity contribution is 9.10. The predicted molar refractivity (Wildman–Crippen MR) is 61.5 cm³/mol. The highest BCUT2D eigenvalue weighted by atomic mass is 79.9. The lowest BCUT2D eigenvalue weighted by Crippen LogP contribution is -2.64. The monoisotopic (exact) mass is 293 g/mol. The molecule has 1 fully saturated rings. The lowest BCUT2D eigenvalue weighted by molar-refractivity contribution is -0.147. The van der Waals surface area contributed by atoms with Crippen LogP contribution in [-0.4, -0.2) is 47.1 Å². The summed E-state index contributed by atoms with van der Waals surface area (Å²) in [4.78, 5) is 24.3. The fraction of sp³-hybridized carbons (Fsp3) is 0.800. The second-order valence-corrected chi connectivity index (χ2v) is 6.31. The van der Waals surface area contributed by atoms with Gasteiger partial charge in [0.15, 0.2) is 4.32 Å². The van der Waals surface area contributed by atoms with Gasteiger partial charge < -0.3 is 14.4 Å². The Hall–Kier alpha value is -0.780. The molecule has 1 heterocycles. The van der Waals surface area contributed by atoms with Gasteiger partial charge in [-0.15, -0.1) is 0 Å². The van der Waals surface area contributed by atoms with Crippen LogP contribution in [0.25, 0.3) is 0 Å². The topological polar surface area (TPSA) is 55.8 Å². The zero-order chi connectivity index (χ0) is 12.6. The van der Waals surface area contributed by atoms with Gasteiger partial charge in [0.05, 0.1) is 20.2 Å². The van der Waals surface area contributed by atoms with Gasteiger partial charge in [-0.3, -0.25) is 4.79 Å². The van der Waals surface area contributed by atoms with E-state index in [1.165, 1.54) is 12.0 Å². The molecule has 0 aromatic rings. The van der Waals surface area contributed by atoms with Gasteiger partial charge in [-0.05, 0) is 20.8 Å². The number of methoxy groups -OCH3 is 1. The summed E-state index contributed by atoms with van der Waals surface area (Å²) in [6, 6.07) is 0. The summed E-state index contributed by atoms with van der Waals surface area (Å²) in [6.45, 7) is 5.94. The van der Waals surface area contributed by atoms with Crippen LogP contribution in [0.4, 0.5) is 4.79 Å². The van der Waals surface area contributed by atoms with Crippen molar-refractivity contribution in [3.8, 4) is 0 Å². The lowest BCUT2D eigenvalue weighted by Gasteiger charge is -2.43. The van der Waals surface area contributed by atoms with Gasteiger partial charge in [0.2, 0.25) is 0 Å². The molecular formula is C10H16BrNO4. The largest absolute Gasteiger partial charge is 0.468 e. The quantitative estimate of drug-likeness (QED) is 0.544. The van der Waals surface area contributed by atoms with Gasteiger partial charge in [-0.2, -0.15) is 0 Å². The molecule has 16 heavy (non-hydrogen) atoms. The van der Waals surface area contributed by atoms with Crippen LogP contribution < -0.4 is 0 Å². The molecular weight excluding hydrogens is 278 g/mol. The molecule has 0 aromatic carbocycles. The SMILES string of the molecule is COC(=O)C1(Br)CN(C(=O)OC(C)(C)C)C1. The molecule has 5 nitrogen and oxygen atoms in total. The minimum Gasteiger partial charge on any atom is -0.468 e. The number of amides is 1. The van der Waals surface area contributed by atoms with Crippen molar-refractivity contribution in [2.75, 3.05) is 20.2 Å². The van der Waals surface area contributed by atoms with Crippen molar-refractivity contribution >= 4 is 28.0 Å². The number of halogens is 1. The van der Waals surface area contributed by atoms with Gasteiger partial charge in [0.1, 0.15) is 5.60 Å². The molecule has 0 N–H and O–H groups in total.